The van der Waals surface area contributed by atoms with Crippen LogP contribution < -0.4 is 10.2 Å². The van der Waals surface area contributed by atoms with Crippen LogP contribution in [0.4, 0.5) is 15.8 Å². The van der Waals surface area contributed by atoms with Crippen LogP contribution in [0.2, 0.25) is 0 Å². The molecule has 0 saturated carbocycles. The first kappa shape index (κ1) is 22.5. The summed E-state index contributed by atoms with van der Waals surface area (Å²) in [5, 5.41) is 12.5. The molecular weight excluding hydrogens is 421 g/mol. The highest BCUT2D eigenvalue weighted by Gasteiger charge is 2.21. The molecule has 0 unspecified atom stereocenters. The SMILES string of the molecule is Cc1ccccc1C(=O)Nc1ccc(N2CCN(Cc3ccccc3F)CC2)cc1C(=O)O. The second-order valence-corrected chi connectivity index (χ2v) is 8.16. The third-order valence-corrected chi connectivity index (χ3v) is 5.96. The summed E-state index contributed by atoms with van der Waals surface area (Å²) < 4.78 is 13.9. The van der Waals surface area contributed by atoms with Crippen LogP contribution >= 0.6 is 0 Å². The van der Waals surface area contributed by atoms with E-state index < -0.39 is 5.97 Å². The van der Waals surface area contributed by atoms with Gasteiger partial charge in [-0.2, -0.15) is 0 Å². The van der Waals surface area contributed by atoms with Gasteiger partial charge in [0.05, 0.1) is 11.3 Å². The van der Waals surface area contributed by atoms with Gasteiger partial charge >= 0.3 is 5.97 Å². The molecule has 170 valence electrons. The third-order valence-electron chi connectivity index (χ3n) is 5.96. The number of hydrogen-bond donors (Lipinski definition) is 2. The summed E-state index contributed by atoms with van der Waals surface area (Å²) in [6.45, 7) is 5.25. The van der Waals surface area contributed by atoms with Crippen molar-refractivity contribution >= 4 is 23.3 Å². The monoisotopic (exact) mass is 447 g/mol. The van der Waals surface area contributed by atoms with Crippen molar-refractivity contribution in [3.63, 3.8) is 0 Å². The topological polar surface area (TPSA) is 72.9 Å². The standard InChI is InChI=1S/C26H26FN3O3/c1-18-6-2-4-8-21(18)25(31)28-24-11-10-20(16-22(24)26(32)33)30-14-12-29(13-15-30)17-19-7-3-5-9-23(19)27/h2-11,16H,12-15,17H2,1H3,(H,28,31)(H,32,33). The summed E-state index contributed by atoms with van der Waals surface area (Å²) in [5.41, 5.74) is 3.08. The average molecular weight is 448 g/mol. The van der Waals surface area contributed by atoms with E-state index in [2.05, 4.69) is 15.1 Å². The van der Waals surface area contributed by atoms with E-state index in [0.717, 1.165) is 24.3 Å². The molecule has 4 rings (SSSR count). The molecular formula is C26H26FN3O3. The van der Waals surface area contributed by atoms with Gasteiger partial charge in [-0.15, -0.1) is 0 Å². The van der Waals surface area contributed by atoms with E-state index in [4.69, 9.17) is 0 Å². The zero-order valence-corrected chi connectivity index (χ0v) is 18.4. The molecule has 1 heterocycles. The highest BCUT2D eigenvalue weighted by atomic mass is 19.1. The largest absolute Gasteiger partial charge is 0.478 e. The van der Waals surface area contributed by atoms with E-state index in [1.54, 1.807) is 36.4 Å². The lowest BCUT2D eigenvalue weighted by atomic mass is 10.1. The lowest BCUT2D eigenvalue weighted by molar-refractivity contribution is 0.0698. The maximum Gasteiger partial charge on any atom is 0.337 e. The lowest BCUT2D eigenvalue weighted by Crippen LogP contribution is -2.46. The molecule has 0 bridgehead atoms. The molecule has 33 heavy (non-hydrogen) atoms. The Balaban J connectivity index is 1.45. The van der Waals surface area contributed by atoms with Gasteiger partial charge in [0.1, 0.15) is 5.82 Å². The van der Waals surface area contributed by atoms with Gasteiger partial charge in [-0.1, -0.05) is 36.4 Å². The van der Waals surface area contributed by atoms with Gasteiger partial charge in [0.25, 0.3) is 5.91 Å². The number of carboxylic acids is 1. The summed E-state index contributed by atoms with van der Waals surface area (Å²) in [5.74, 6) is -1.64. The average Bonchev–Trinajstić information content (AvgIpc) is 2.81. The molecule has 1 saturated heterocycles. The van der Waals surface area contributed by atoms with Gasteiger partial charge in [-0.25, -0.2) is 9.18 Å². The van der Waals surface area contributed by atoms with Crippen LogP contribution in [-0.4, -0.2) is 48.1 Å². The zero-order valence-electron chi connectivity index (χ0n) is 18.4. The smallest absolute Gasteiger partial charge is 0.337 e. The predicted molar refractivity (Wildman–Crippen MR) is 126 cm³/mol. The normalized spacial score (nSPS) is 14.2. The summed E-state index contributed by atoms with van der Waals surface area (Å²) >= 11 is 0. The van der Waals surface area contributed by atoms with Crippen molar-refractivity contribution in [3.8, 4) is 0 Å². The van der Waals surface area contributed by atoms with Crippen molar-refractivity contribution in [2.45, 2.75) is 13.5 Å². The number of nitrogens with zero attached hydrogens (tertiary/aromatic N) is 2. The molecule has 1 aliphatic rings. The summed E-state index contributed by atoms with van der Waals surface area (Å²) in [7, 11) is 0. The van der Waals surface area contributed by atoms with E-state index in [1.165, 1.54) is 6.07 Å². The number of nitrogens with one attached hydrogen (secondary N) is 1. The Morgan fingerprint density at radius 1 is 0.939 bits per heavy atom. The second-order valence-electron chi connectivity index (χ2n) is 8.16. The van der Waals surface area contributed by atoms with Gasteiger partial charge < -0.3 is 15.3 Å². The van der Waals surface area contributed by atoms with Crippen molar-refractivity contribution < 1.29 is 19.1 Å². The van der Waals surface area contributed by atoms with Crippen LogP contribution in [0.25, 0.3) is 0 Å². The number of piperazine rings is 1. The molecule has 0 radical (unpaired) electrons. The Kier molecular flexibility index (Phi) is 6.70. The number of aromatic carboxylic acids is 1. The number of rotatable bonds is 6. The van der Waals surface area contributed by atoms with E-state index in [-0.39, 0.29) is 23.0 Å². The van der Waals surface area contributed by atoms with Gasteiger partial charge in [0.2, 0.25) is 0 Å². The number of aryl methyl sites for hydroxylation is 1. The molecule has 1 fully saturated rings. The maximum absolute atomic E-state index is 13.9. The number of benzene rings is 3. The number of carbonyl (C=O) groups excluding carboxylic acids is 1. The minimum Gasteiger partial charge on any atom is -0.478 e. The van der Waals surface area contributed by atoms with E-state index in [0.29, 0.717) is 30.8 Å². The Labute approximate surface area is 192 Å². The maximum atomic E-state index is 13.9. The number of carboxylic acid groups (broad SMARTS) is 1. The fourth-order valence-electron chi connectivity index (χ4n) is 4.06. The number of anilines is 2. The van der Waals surface area contributed by atoms with Gasteiger partial charge in [-0.3, -0.25) is 9.69 Å². The molecule has 1 aliphatic heterocycles. The summed E-state index contributed by atoms with van der Waals surface area (Å²) in [6.07, 6.45) is 0. The molecule has 3 aromatic carbocycles. The van der Waals surface area contributed by atoms with E-state index in [9.17, 15) is 19.1 Å². The van der Waals surface area contributed by atoms with Crippen LogP contribution in [0.5, 0.6) is 0 Å². The van der Waals surface area contributed by atoms with E-state index >= 15 is 0 Å². The van der Waals surface area contributed by atoms with Crippen LogP contribution in [0.1, 0.15) is 31.8 Å². The minimum atomic E-state index is -1.10. The Morgan fingerprint density at radius 2 is 1.64 bits per heavy atom. The number of halogens is 1. The van der Waals surface area contributed by atoms with Gasteiger partial charge in [-0.05, 0) is 42.8 Å². The van der Waals surface area contributed by atoms with Crippen LogP contribution in [0, 0.1) is 12.7 Å². The summed E-state index contributed by atoms with van der Waals surface area (Å²) in [6, 6.07) is 19.0. The van der Waals surface area contributed by atoms with Crippen molar-refractivity contribution in [2.75, 3.05) is 36.4 Å². The molecule has 0 spiro atoms. The fourth-order valence-corrected chi connectivity index (χ4v) is 4.06. The fraction of sp³-hybridized carbons (Fsp3) is 0.231. The molecule has 6 nitrogen and oxygen atoms in total. The van der Waals surface area contributed by atoms with Gasteiger partial charge in [0, 0.05) is 49.5 Å². The molecule has 3 aromatic rings. The van der Waals surface area contributed by atoms with Gasteiger partial charge in [0.15, 0.2) is 0 Å². The minimum absolute atomic E-state index is 0.0446. The second kappa shape index (κ2) is 9.83. The Morgan fingerprint density at radius 3 is 2.33 bits per heavy atom. The number of amides is 1. The van der Waals surface area contributed by atoms with Crippen molar-refractivity contribution in [1.82, 2.24) is 4.90 Å². The molecule has 1 amide bonds. The van der Waals surface area contributed by atoms with Crippen molar-refractivity contribution in [1.29, 1.82) is 0 Å². The van der Waals surface area contributed by atoms with Crippen LogP contribution in [0.3, 0.4) is 0 Å². The predicted octanol–water partition coefficient (Wildman–Crippen LogP) is 4.41. The Bertz CT molecular complexity index is 1170. The quantitative estimate of drug-likeness (QED) is 0.586. The first-order chi connectivity index (χ1) is 15.9. The number of hydrogen-bond acceptors (Lipinski definition) is 4. The van der Waals surface area contributed by atoms with Crippen LogP contribution in [0.15, 0.2) is 66.7 Å². The lowest BCUT2D eigenvalue weighted by Gasteiger charge is -2.36. The highest BCUT2D eigenvalue weighted by molar-refractivity contribution is 6.08. The Hall–Kier alpha value is -3.71. The highest BCUT2D eigenvalue weighted by Crippen LogP contribution is 2.26. The van der Waals surface area contributed by atoms with Crippen molar-refractivity contribution in [3.05, 3.63) is 94.8 Å². The third kappa shape index (κ3) is 5.21. The first-order valence-electron chi connectivity index (χ1n) is 10.9. The molecule has 0 aliphatic carbocycles. The number of carbonyl (C=O) groups is 2. The van der Waals surface area contributed by atoms with E-state index in [1.807, 2.05) is 31.2 Å². The zero-order chi connectivity index (χ0) is 23.4. The molecule has 0 atom stereocenters. The van der Waals surface area contributed by atoms with Crippen molar-refractivity contribution in [2.24, 2.45) is 0 Å². The van der Waals surface area contributed by atoms with Crippen LogP contribution in [-0.2, 0) is 6.54 Å². The summed E-state index contributed by atoms with van der Waals surface area (Å²) in [4.78, 5) is 28.9. The molecule has 0 aromatic heterocycles. The molecule has 7 heteroatoms. The first-order valence-corrected chi connectivity index (χ1v) is 10.9. The molecule has 2 N–H and O–H groups in total.